The number of rotatable bonds is 5. The first-order chi connectivity index (χ1) is 18.5. The molecule has 200 valence electrons. The third-order valence-corrected chi connectivity index (χ3v) is 8.07. The molecule has 7 heteroatoms. The van der Waals surface area contributed by atoms with Crippen molar-refractivity contribution >= 4 is 44.1 Å². The lowest BCUT2D eigenvalue weighted by atomic mass is 9.85. The van der Waals surface area contributed by atoms with Crippen LogP contribution < -0.4 is 9.64 Å². The van der Waals surface area contributed by atoms with Crippen LogP contribution in [-0.4, -0.2) is 28.4 Å². The highest BCUT2D eigenvalue weighted by molar-refractivity contribution is 7.22. The summed E-state index contributed by atoms with van der Waals surface area (Å²) in [5.74, 6) is -0.906. The first-order valence-corrected chi connectivity index (χ1v) is 13.8. The number of aliphatic hydroxyl groups is 1. The Hall–Kier alpha value is -3.97. The van der Waals surface area contributed by atoms with E-state index in [1.54, 1.807) is 0 Å². The summed E-state index contributed by atoms with van der Waals surface area (Å²) < 4.78 is 6.48. The number of amides is 1. The molecule has 4 aromatic rings. The van der Waals surface area contributed by atoms with Crippen LogP contribution in [-0.2, 0) is 15.0 Å². The number of carbonyl (C=O) groups is 2. The fourth-order valence-corrected chi connectivity index (χ4v) is 5.92. The number of hydrogen-bond donors (Lipinski definition) is 1. The first kappa shape index (κ1) is 26.6. The van der Waals surface area contributed by atoms with E-state index in [-0.39, 0.29) is 16.7 Å². The summed E-state index contributed by atoms with van der Waals surface area (Å²) in [4.78, 5) is 33.4. The molecular formula is C32H32N2O4S. The van der Waals surface area contributed by atoms with E-state index in [4.69, 9.17) is 9.72 Å². The van der Waals surface area contributed by atoms with Gasteiger partial charge in [0.05, 0.1) is 28.4 Å². The van der Waals surface area contributed by atoms with E-state index in [1.165, 1.54) is 16.2 Å². The number of carbonyl (C=O) groups excluding carboxylic acids is 2. The minimum Gasteiger partial charge on any atom is -0.507 e. The normalized spacial score (nSPS) is 17.3. The van der Waals surface area contributed by atoms with Crippen molar-refractivity contribution in [2.75, 3.05) is 11.5 Å². The van der Waals surface area contributed by atoms with Crippen molar-refractivity contribution in [2.45, 2.75) is 53.0 Å². The number of nitrogens with zero attached hydrogens (tertiary/aromatic N) is 2. The number of aromatic nitrogens is 1. The number of Topliss-reactive ketones (excluding diaryl/α,β-unsaturated/α-hetero) is 1. The molecule has 0 radical (unpaired) electrons. The van der Waals surface area contributed by atoms with Gasteiger partial charge in [0, 0.05) is 5.56 Å². The summed E-state index contributed by atoms with van der Waals surface area (Å²) >= 11 is 1.32. The smallest absolute Gasteiger partial charge is 0.301 e. The summed E-state index contributed by atoms with van der Waals surface area (Å²) in [6.07, 6.45) is 0. The lowest BCUT2D eigenvalue weighted by Crippen LogP contribution is -2.29. The van der Waals surface area contributed by atoms with E-state index in [9.17, 15) is 14.7 Å². The minimum absolute atomic E-state index is 0.0615. The maximum Gasteiger partial charge on any atom is 0.301 e. The number of benzene rings is 3. The fraction of sp³-hybridized carbons (Fsp3) is 0.281. The molecule has 0 bridgehead atoms. The molecule has 1 aliphatic rings. The zero-order valence-corrected chi connectivity index (χ0v) is 23.8. The van der Waals surface area contributed by atoms with Gasteiger partial charge in [0.2, 0.25) is 0 Å². The highest BCUT2D eigenvalue weighted by atomic mass is 32.1. The molecule has 1 unspecified atom stereocenters. The number of aliphatic hydroxyl groups excluding tert-OH is 1. The third-order valence-electron chi connectivity index (χ3n) is 7.05. The van der Waals surface area contributed by atoms with E-state index in [2.05, 4.69) is 20.8 Å². The van der Waals surface area contributed by atoms with Crippen molar-refractivity contribution in [3.05, 3.63) is 94.1 Å². The Labute approximate surface area is 232 Å². The lowest BCUT2D eigenvalue weighted by Gasteiger charge is -2.25. The predicted octanol–water partition coefficient (Wildman–Crippen LogP) is 7.24. The summed E-state index contributed by atoms with van der Waals surface area (Å²) in [5, 5.41) is 12.0. The standard InChI is InChI=1S/C32H32N2O4S/c1-7-38-22-14-15-24-25(17-22)39-31(33-24)34-27(20-10-12-21(13-11-20)32(4,5)6)26(29(36)30(34)37)28(35)23-16-18(2)8-9-19(23)3/h8-17,27,35H,7H2,1-6H3. The Morgan fingerprint density at radius 3 is 2.41 bits per heavy atom. The van der Waals surface area contributed by atoms with E-state index in [0.717, 1.165) is 27.0 Å². The van der Waals surface area contributed by atoms with Crippen LogP contribution in [0.25, 0.3) is 16.0 Å². The van der Waals surface area contributed by atoms with Crippen LogP contribution >= 0.6 is 11.3 Å². The van der Waals surface area contributed by atoms with E-state index in [1.807, 2.05) is 81.4 Å². The molecule has 1 fully saturated rings. The van der Waals surface area contributed by atoms with Crippen LogP contribution in [0.3, 0.4) is 0 Å². The van der Waals surface area contributed by atoms with Gasteiger partial charge in [-0.3, -0.25) is 14.5 Å². The Kier molecular flexibility index (Phi) is 6.81. The van der Waals surface area contributed by atoms with Gasteiger partial charge in [-0.25, -0.2) is 4.98 Å². The van der Waals surface area contributed by atoms with Crippen LogP contribution in [0, 0.1) is 13.8 Å². The molecule has 1 amide bonds. The van der Waals surface area contributed by atoms with Crippen LogP contribution in [0.4, 0.5) is 5.13 Å². The van der Waals surface area contributed by atoms with Crippen LogP contribution in [0.15, 0.2) is 66.2 Å². The number of thiazole rings is 1. The lowest BCUT2D eigenvalue weighted by molar-refractivity contribution is -0.132. The van der Waals surface area contributed by atoms with Gasteiger partial charge in [0.25, 0.3) is 5.78 Å². The second-order valence-electron chi connectivity index (χ2n) is 10.9. The Balaban J connectivity index is 1.71. The maximum absolute atomic E-state index is 13.6. The van der Waals surface area contributed by atoms with Gasteiger partial charge in [-0.2, -0.15) is 0 Å². The zero-order valence-electron chi connectivity index (χ0n) is 23.0. The molecule has 5 rings (SSSR count). The fourth-order valence-electron chi connectivity index (χ4n) is 4.90. The van der Waals surface area contributed by atoms with Crippen molar-refractivity contribution in [1.82, 2.24) is 4.98 Å². The van der Waals surface area contributed by atoms with Crippen molar-refractivity contribution in [1.29, 1.82) is 0 Å². The van der Waals surface area contributed by atoms with Gasteiger partial charge >= 0.3 is 5.91 Å². The predicted molar refractivity (Wildman–Crippen MR) is 157 cm³/mol. The monoisotopic (exact) mass is 540 g/mol. The molecule has 1 aliphatic heterocycles. The van der Waals surface area contributed by atoms with Crippen LogP contribution in [0.1, 0.15) is 61.6 Å². The van der Waals surface area contributed by atoms with Gasteiger partial charge in [0.15, 0.2) is 5.13 Å². The average Bonchev–Trinajstić information content (AvgIpc) is 3.42. The molecule has 1 saturated heterocycles. The summed E-state index contributed by atoms with van der Waals surface area (Å²) in [6.45, 7) is 12.7. The minimum atomic E-state index is -0.828. The molecule has 39 heavy (non-hydrogen) atoms. The quantitative estimate of drug-likeness (QED) is 0.164. The Morgan fingerprint density at radius 1 is 1.03 bits per heavy atom. The largest absolute Gasteiger partial charge is 0.507 e. The van der Waals surface area contributed by atoms with Crippen molar-refractivity contribution < 1.29 is 19.4 Å². The Bertz CT molecular complexity index is 1630. The molecule has 1 N–H and O–H groups in total. The topological polar surface area (TPSA) is 79.7 Å². The maximum atomic E-state index is 13.6. The molecule has 1 atom stereocenters. The molecule has 3 aromatic carbocycles. The van der Waals surface area contributed by atoms with Gasteiger partial charge in [0.1, 0.15) is 11.5 Å². The van der Waals surface area contributed by atoms with E-state index >= 15 is 0 Å². The highest BCUT2D eigenvalue weighted by Gasteiger charge is 2.48. The van der Waals surface area contributed by atoms with Gasteiger partial charge in [-0.1, -0.05) is 74.1 Å². The van der Waals surface area contributed by atoms with Crippen LogP contribution in [0.2, 0.25) is 0 Å². The molecule has 0 spiro atoms. The molecule has 0 saturated carbocycles. The molecule has 6 nitrogen and oxygen atoms in total. The third kappa shape index (κ3) is 4.83. The van der Waals surface area contributed by atoms with E-state index < -0.39 is 17.7 Å². The average molecular weight is 541 g/mol. The molecular weight excluding hydrogens is 508 g/mol. The highest BCUT2D eigenvalue weighted by Crippen LogP contribution is 2.45. The molecule has 1 aromatic heterocycles. The SMILES string of the molecule is CCOc1ccc2nc(N3C(=O)C(=O)C(=C(O)c4cc(C)ccc4C)C3c3ccc(C(C)(C)C)cc3)sc2c1. The second kappa shape index (κ2) is 9.97. The van der Waals surface area contributed by atoms with Gasteiger partial charge < -0.3 is 9.84 Å². The zero-order chi connectivity index (χ0) is 28.1. The summed E-state index contributed by atoms with van der Waals surface area (Å²) in [7, 11) is 0. The first-order valence-electron chi connectivity index (χ1n) is 13.0. The number of ketones is 1. The number of hydrogen-bond acceptors (Lipinski definition) is 6. The Morgan fingerprint density at radius 2 is 1.74 bits per heavy atom. The van der Waals surface area contributed by atoms with Gasteiger partial charge in [-0.05, 0) is 67.1 Å². The second-order valence-corrected chi connectivity index (χ2v) is 11.9. The van der Waals surface area contributed by atoms with Crippen LogP contribution in [0.5, 0.6) is 5.75 Å². The number of aryl methyl sites for hydroxylation is 2. The number of ether oxygens (including phenoxy) is 1. The summed E-state index contributed by atoms with van der Waals surface area (Å²) in [6, 6.07) is 18.3. The summed E-state index contributed by atoms with van der Waals surface area (Å²) in [5.41, 5.74) is 4.85. The number of fused-ring (bicyclic) bond motifs is 1. The van der Waals surface area contributed by atoms with E-state index in [0.29, 0.717) is 28.6 Å². The molecule has 0 aliphatic carbocycles. The number of anilines is 1. The van der Waals surface area contributed by atoms with Gasteiger partial charge in [-0.15, -0.1) is 0 Å². The van der Waals surface area contributed by atoms with Crippen molar-refractivity contribution in [3.8, 4) is 5.75 Å². The molecule has 2 heterocycles. The van der Waals surface area contributed by atoms with Crippen molar-refractivity contribution in [3.63, 3.8) is 0 Å². The van der Waals surface area contributed by atoms with Crippen molar-refractivity contribution in [2.24, 2.45) is 0 Å².